The Labute approximate surface area is 161 Å². The van der Waals surface area contributed by atoms with Gasteiger partial charge < -0.3 is 20.0 Å². The van der Waals surface area contributed by atoms with E-state index < -0.39 is 0 Å². The number of hydrogen-bond acceptors (Lipinski definition) is 5. The van der Waals surface area contributed by atoms with E-state index in [1.807, 2.05) is 6.07 Å². The Morgan fingerprint density at radius 2 is 1.88 bits per heavy atom. The lowest BCUT2D eigenvalue weighted by atomic mass is 10.2. The summed E-state index contributed by atoms with van der Waals surface area (Å²) in [5.41, 5.74) is 4.13. The van der Waals surface area contributed by atoms with E-state index in [0.717, 1.165) is 5.56 Å². The minimum absolute atomic E-state index is 0.0159. The van der Waals surface area contributed by atoms with Gasteiger partial charge in [-0.3, -0.25) is 0 Å². The van der Waals surface area contributed by atoms with E-state index in [1.165, 1.54) is 0 Å². The lowest BCUT2D eigenvalue weighted by Gasteiger charge is -2.13. The Morgan fingerprint density at radius 3 is 2.60 bits per heavy atom. The molecule has 2 aromatic rings. The van der Waals surface area contributed by atoms with Gasteiger partial charge in [0.1, 0.15) is 6.61 Å². The Kier molecular flexibility index (Phi) is 7.65. The standard InChI is InChI=1S/C17H17Cl3N2O3/c1-24-16-8-11(9-22-21-6-7-23)2-5-15(16)25-10-12-13(18)3-4-14(19)17(12)20/h2-5,8-9,21,23H,6-7,10H2,1H3/b22-9+. The largest absolute Gasteiger partial charge is 0.493 e. The lowest BCUT2D eigenvalue weighted by molar-refractivity contribution is 0.284. The first kappa shape index (κ1) is 19.7. The number of hydrogen-bond donors (Lipinski definition) is 2. The molecule has 0 aliphatic heterocycles. The smallest absolute Gasteiger partial charge is 0.161 e. The van der Waals surface area contributed by atoms with E-state index in [1.54, 1.807) is 37.6 Å². The molecule has 0 aliphatic carbocycles. The van der Waals surface area contributed by atoms with Crippen LogP contribution in [0.1, 0.15) is 11.1 Å². The number of hydrazone groups is 1. The lowest BCUT2D eigenvalue weighted by Crippen LogP contribution is -2.11. The van der Waals surface area contributed by atoms with Gasteiger partial charge in [-0.2, -0.15) is 5.10 Å². The number of aliphatic hydroxyl groups is 1. The van der Waals surface area contributed by atoms with E-state index in [-0.39, 0.29) is 13.2 Å². The Hall–Kier alpha value is -1.66. The monoisotopic (exact) mass is 402 g/mol. The molecule has 0 heterocycles. The van der Waals surface area contributed by atoms with Crippen molar-refractivity contribution in [2.24, 2.45) is 5.10 Å². The van der Waals surface area contributed by atoms with Crippen LogP contribution in [-0.2, 0) is 6.61 Å². The summed E-state index contributed by atoms with van der Waals surface area (Å²) in [6.07, 6.45) is 1.62. The van der Waals surface area contributed by atoms with Crippen LogP contribution in [0, 0.1) is 0 Å². The van der Waals surface area contributed by atoms with Gasteiger partial charge in [-0.05, 0) is 35.9 Å². The van der Waals surface area contributed by atoms with Crippen molar-refractivity contribution in [3.8, 4) is 11.5 Å². The second-order valence-corrected chi connectivity index (χ2v) is 6.10. The van der Waals surface area contributed by atoms with Gasteiger partial charge >= 0.3 is 0 Å². The number of methoxy groups -OCH3 is 1. The first-order chi connectivity index (χ1) is 12.1. The molecule has 0 amide bonds. The molecule has 0 aromatic heterocycles. The zero-order valence-corrected chi connectivity index (χ0v) is 15.7. The maximum atomic E-state index is 8.69. The van der Waals surface area contributed by atoms with Crippen LogP contribution in [0.2, 0.25) is 15.1 Å². The fourth-order valence-electron chi connectivity index (χ4n) is 1.97. The SMILES string of the molecule is COc1cc(/C=N/NCCO)ccc1OCc1c(Cl)ccc(Cl)c1Cl. The van der Waals surface area contributed by atoms with Crippen LogP contribution in [0.3, 0.4) is 0 Å². The van der Waals surface area contributed by atoms with Gasteiger partial charge in [0.25, 0.3) is 0 Å². The summed E-state index contributed by atoms with van der Waals surface area (Å²) in [6, 6.07) is 8.67. The summed E-state index contributed by atoms with van der Waals surface area (Å²) in [4.78, 5) is 0. The molecule has 0 saturated carbocycles. The van der Waals surface area contributed by atoms with Crippen molar-refractivity contribution in [1.29, 1.82) is 0 Å². The van der Waals surface area contributed by atoms with Gasteiger partial charge in [0.15, 0.2) is 11.5 Å². The zero-order chi connectivity index (χ0) is 18.2. The molecule has 0 spiro atoms. The number of nitrogens with one attached hydrogen (secondary N) is 1. The molecule has 8 heteroatoms. The van der Waals surface area contributed by atoms with Crippen molar-refractivity contribution >= 4 is 41.0 Å². The predicted octanol–water partition coefficient (Wildman–Crippen LogP) is 4.15. The number of ether oxygens (including phenoxy) is 2. The van der Waals surface area contributed by atoms with Crippen molar-refractivity contribution in [2.75, 3.05) is 20.3 Å². The molecule has 2 aromatic carbocycles. The van der Waals surface area contributed by atoms with Gasteiger partial charge in [0, 0.05) is 10.6 Å². The number of aliphatic hydroxyl groups excluding tert-OH is 1. The molecule has 2 N–H and O–H groups in total. The van der Waals surface area contributed by atoms with Crippen LogP contribution in [0.15, 0.2) is 35.4 Å². The van der Waals surface area contributed by atoms with Crippen molar-refractivity contribution in [2.45, 2.75) is 6.61 Å². The van der Waals surface area contributed by atoms with E-state index in [2.05, 4.69) is 10.5 Å². The molecule has 25 heavy (non-hydrogen) atoms. The number of benzene rings is 2. The third-order valence-corrected chi connectivity index (χ3v) is 4.42. The Morgan fingerprint density at radius 1 is 1.12 bits per heavy atom. The van der Waals surface area contributed by atoms with E-state index in [9.17, 15) is 0 Å². The molecule has 2 rings (SSSR count). The van der Waals surface area contributed by atoms with E-state index in [0.29, 0.717) is 38.7 Å². The third-order valence-electron chi connectivity index (χ3n) is 3.23. The van der Waals surface area contributed by atoms with Crippen LogP contribution < -0.4 is 14.9 Å². The van der Waals surface area contributed by atoms with E-state index >= 15 is 0 Å². The summed E-state index contributed by atoms with van der Waals surface area (Å²) in [5.74, 6) is 1.08. The highest BCUT2D eigenvalue weighted by Crippen LogP contribution is 2.34. The van der Waals surface area contributed by atoms with Gasteiger partial charge in [0.05, 0.1) is 36.5 Å². The molecule has 5 nitrogen and oxygen atoms in total. The first-order valence-electron chi connectivity index (χ1n) is 7.36. The van der Waals surface area contributed by atoms with Crippen molar-refractivity contribution in [3.63, 3.8) is 0 Å². The molecule has 0 saturated heterocycles. The van der Waals surface area contributed by atoms with Gasteiger partial charge in [-0.15, -0.1) is 0 Å². The summed E-state index contributed by atoms with van der Waals surface area (Å²) < 4.78 is 11.1. The van der Waals surface area contributed by atoms with Gasteiger partial charge in [-0.25, -0.2) is 0 Å². The fourth-order valence-corrected chi connectivity index (χ4v) is 2.63. The second kappa shape index (κ2) is 9.73. The summed E-state index contributed by atoms with van der Waals surface area (Å²) in [6.45, 7) is 0.554. The van der Waals surface area contributed by atoms with Crippen LogP contribution in [-0.4, -0.2) is 31.6 Å². The Bertz CT molecular complexity index is 754. The topological polar surface area (TPSA) is 63.1 Å². The molecule has 0 aliphatic rings. The number of halogens is 3. The fraction of sp³-hybridized carbons (Fsp3) is 0.235. The van der Waals surface area contributed by atoms with Crippen LogP contribution in [0.4, 0.5) is 0 Å². The van der Waals surface area contributed by atoms with E-state index in [4.69, 9.17) is 49.4 Å². The molecule has 0 unspecified atom stereocenters. The Balaban J connectivity index is 2.12. The van der Waals surface area contributed by atoms with Crippen LogP contribution in [0.25, 0.3) is 0 Å². The highest BCUT2D eigenvalue weighted by molar-refractivity contribution is 6.44. The molecule has 0 bridgehead atoms. The zero-order valence-electron chi connectivity index (χ0n) is 13.4. The maximum absolute atomic E-state index is 8.69. The van der Waals surface area contributed by atoms with Crippen LogP contribution >= 0.6 is 34.8 Å². The van der Waals surface area contributed by atoms with Crippen molar-refractivity contribution in [3.05, 3.63) is 56.5 Å². The van der Waals surface area contributed by atoms with Crippen molar-refractivity contribution < 1.29 is 14.6 Å². The second-order valence-electron chi connectivity index (χ2n) is 4.91. The average molecular weight is 404 g/mol. The normalized spacial score (nSPS) is 10.9. The van der Waals surface area contributed by atoms with Crippen LogP contribution in [0.5, 0.6) is 11.5 Å². The minimum Gasteiger partial charge on any atom is -0.493 e. The molecule has 0 atom stereocenters. The van der Waals surface area contributed by atoms with Crippen molar-refractivity contribution in [1.82, 2.24) is 5.43 Å². The number of nitrogens with zero attached hydrogens (tertiary/aromatic N) is 1. The van der Waals surface area contributed by atoms with Gasteiger partial charge in [-0.1, -0.05) is 34.8 Å². The quantitative estimate of drug-likeness (QED) is 0.301. The summed E-state index contributed by atoms with van der Waals surface area (Å²) in [7, 11) is 1.55. The third kappa shape index (κ3) is 5.41. The molecule has 0 radical (unpaired) electrons. The summed E-state index contributed by atoms with van der Waals surface area (Å²) in [5, 5.41) is 13.9. The highest BCUT2D eigenvalue weighted by atomic mass is 35.5. The number of rotatable bonds is 8. The summed E-state index contributed by atoms with van der Waals surface area (Å²) >= 11 is 18.3. The average Bonchev–Trinajstić information content (AvgIpc) is 2.62. The molecular formula is C17H17Cl3N2O3. The molecule has 134 valence electrons. The predicted molar refractivity (Wildman–Crippen MR) is 101 cm³/mol. The van der Waals surface area contributed by atoms with Gasteiger partial charge in [0.2, 0.25) is 0 Å². The molecular weight excluding hydrogens is 387 g/mol. The molecule has 0 fully saturated rings. The highest BCUT2D eigenvalue weighted by Gasteiger charge is 2.12. The first-order valence-corrected chi connectivity index (χ1v) is 8.50. The minimum atomic E-state index is 0.0159. The maximum Gasteiger partial charge on any atom is 0.161 e.